The first-order valence-electron chi connectivity index (χ1n) is 7.69. The van der Waals surface area contributed by atoms with E-state index < -0.39 is 5.82 Å². The van der Waals surface area contributed by atoms with Gasteiger partial charge in [-0.1, -0.05) is 29.3 Å². The minimum absolute atomic E-state index is 0.271. The van der Waals surface area contributed by atoms with Crippen molar-refractivity contribution in [3.8, 4) is 5.75 Å². The summed E-state index contributed by atoms with van der Waals surface area (Å²) >= 11 is 17.3. The van der Waals surface area contributed by atoms with Crippen LogP contribution in [0, 0.1) is 5.82 Å². The Bertz CT molecular complexity index is 982. The van der Waals surface area contributed by atoms with Crippen LogP contribution < -0.4 is 15.4 Å². The van der Waals surface area contributed by atoms with Crippen molar-refractivity contribution in [3.05, 3.63) is 64.2 Å². The molecule has 0 aliphatic heterocycles. The highest BCUT2D eigenvalue weighted by atomic mass is 35.5. The third-order valence-electron chi connectivity index (χ3n) is 3.52. The Morgan fingerprint density at radius 3 is 2.78 bits per heavy atom. The lowest BCUT2D eigenvalue weighted by molar-refractivity contribution is 0.417. The second-order valence-electron chi connectivity index (χ2n) is 5.43. The number of benzene rings is 2. The van der Waals surface area contributed by atoms with Gasteiger partial charge in [0.1, 0.15) is 17.9 Å². The van der Waals surface area contributed by atoms with Gasteiger partial charge in [-0.25, -0.2) is 14.1 Å². The zero-order valence-electron chi connectivity index (χ0n) is 14.0. The standard InChI is InChI=1S/C17H14Cl2FN5OS/c1-26-15-5-3-11(18)6-14(15)22-17(27)23-16-21-9-25(24-16)8-10-2-4-12(20)7-13(10)19/h2-7,9H,8H2,1H3,(H2,22,23,24,27). The van der Waals surface area contributed by atoms with E-state index in [4.69, 9.17) is 40.2 Å². The Labute approximate surface area is 170 Å². The maximum atomic E-state index is 13.1. The van der Waals surface area contributed by atoms with Crippen LogP contribution in [0.25, 0.3) is 0 Å². The second kappa shape index (κ2) is 8.51. The molecule has 1 heterocycles. The van der Waals surface area contributed by atoms with Crippen LogP contribution in [0.4, 0.5) is 16.0 Å². The molecular formula is C17H14Cl2FN5OS. The summed E-state index contributed by atoms with van der Waals surface area (Å²) in [5.41, 5.74) is 1.33. The zero-order chi connectivity index (χ0) is 19.4. The number of nitrogens with one attached hydrogen (secondary N) is 2. The van der Waals surface area contributed by atoms with Crippen LogP contribution in [0.2, 0.25) is 10.0 Å². The topological polar surface area (TPSA) is 64.0 Å². The van der Waals surface area contributed by atoms with E-state index in [1.165, 1.54) is 18.5 Å². The second-order valence-corrected chi connectivity index (χ2v) is 6.68. The van der Waals surface area contributed by atoms with Gasteiger partial charge < -0.3 is 10.1 Å². The van der Waals surface area contributed by atoms with Crippen LogP contribution in [0.5, 0.6) is 5.75 Å². The fraction of sp³-hybridized carbons (Fsp3) is 0.118. The molecule has 0 aliphatic rings. The number of rotatable bonds is 5. The molecule has 0 unspecified atom stereocenters. The van der Waals surface area contributed by atoms with E-state index >= 15 is 0 Å². The predicted octanol–water partition coefficient (Wildman–Crippen LogP) is 4.59. The largest absolute Gasteiger partial charge is 0.495 e. The Morgan fingerprint density at radius 2 is 2.04 bits per heavy atom. The molecule has 1 aromatic heterocycles. The van der Waals surface area contributed by atoms with E-state index in [9.17, 15) is 4.39 Å². The van der Waals surface area contributed by atoms with E-state index in [0.29, 0.717) is 34.0 Å². The van der Waals surface area contributed by atoms with Crippen LogP contribution in [-0.2, 0) is 6.54 Å². The lowest BCUT2D eigenvalue weighted by Crippen LogP contribution is -2.20. The average molecular weight is 426 g/mol. The fourth-order valence-corrected chi connectivity index (χ4v) is 2.89. The summed E-state index contributed by atoms with van der Waals surface area (Å²) in [5.74, 6) is 0.497. The first-order valence-corrected chi connectivity index (χ1v) is 8.86. The summed E-state index contributed by atoms with van der Waals surface area (Å²) in [6, 6.07) is 9.33. The lowest BCUT2D eigenvalue weighted by Gasteiger charge is -2.12. The van der Waals surface area contributed by atoms with Gasteiger partial charge in [-0.15, -0.1) is 5.10 Å². The quantitative estimate of drug-likeness (QED) is 0.582. The highest BCUT2D eigenvalue weighted by Gasteiger charge is 2.09. The first-order chi connectivity index (χ1) is 12.9. The molecule has 0 saturated carbocycles. The van der Waals surface area contributed by atoms with Crippen molar-refractivity contribution >= 4 is 52.2 Å². The fourth-order valence-electron chi connectivity index (χ4n) is 2.29. The van der Waals surface area contributed by atoms with Crippen molar-refractivity contribution in [2.45, 2.75) is 6.54 Å². The normalized spacial score (nSPS) is 10.5. The van der Waals surface area contributed by atoms with Crippen LogP contribution >= 0.6 is 35.4 Å². The molecular weight excluding hydrogens is 412 g/mol. The van der Waals surface area contributed by atoms with E-state index in [1.54, 1.807) is 36.1 Å². The molecule has 0 spiro atoms. The number of anilines is 2. The summed E-state index contributed by atoms with van der Waals surface area (Å²) in [6.07, 6.45) is 1.52. The monoisotopic (exact) mass is 425 g/mol. The molecule has 6 nitrogen and oxygen atoms in total. The first kappa shape index (κ1) is 19.3. The zero-order valence-corrected chi connectivity index (χ0v) is 16.4. The van der Waals surface area contributed by atoms with Crippen molar-refractivity contribution in [1.82, 2.24) is 14.8 Å². The van der Waals surface area contributed by atoms with Gasteiger partial charge in [-0.05, 0) is 48.1 Å². The summed E-state index contributed by atoms with van der Waals surface area (Å²) in [7, 11) is 1.55. The number of hydrogen-bond donors (Lipinski definition) is 2. The van der Waals surface area contributed by atoms with Crippen molar-refractivity contribution in [2.24, 2.45) is 0 Å². The van der Waals surface area contributed by atoms with Crippen molar-refractivity contribution in [3.63, 3.8) is 0 Å². The number of aromatic nitrogens is 3. The van der Waals surface area contributed by atoms with Gasteiger partial charge in [0.05, 0.1) is 19.3 Å². The van der Waals surface area contributed by atoms with Gasteiger partial charge in [0.25, 0.3) is 0 Å². The Kier molecular flexibility index (Phi) is 6.10. The van der Waals surface area contributed by atoms with Gasteiger partial charge in [0, 0.05) is 10.0 Å². The summed E-state index contributed by atoms with van der Waals surface area (Å²) in [6.45, 7) is 0.343. The SMILES string of the molecule is COc1ccc(Cl)cc1NC(=S)Nc1ncn(Cc2ccc(F)cc2Cl)n1. The number of methoxy groups -OCH3 is 1. The van der Waals surface area contributed by atoms with Crippen LogP contribution in [0.3, 0.4) is 0 Å². The molecule has 3 rings (SSSR count). The summed E-state index contributed by atoms with van der Waals surface area (Å²) < 4.78 is 19.9. The Morgan fingerprint density at radius 1 is 1.22 bits per heavy atom. The molecule has 3 aromatic rings. The van der Waals surface area contributed by atoms with Crippen LogP contribution in [0.15, 0.2) is 42.7 Å². The molecule has 0 bridgehead atoms. The summed E-state index contributed by atoms with van der Waals surface area (Å²) in [4.78, 5) is 4.14. The third kappa shape index (κ3) is 5.06. The van der Waals surface area contributed by atoms with Crippen LogP contribution in [-0.4, -0.2) is 27.0 Å². The van der Waals surface area contributed by atoms with Crippen molar-refractivity contribution < 1.29 is 9.13 Å². The highest BCUT2D eigenvalue weighted by Crippen LogP contribution is 2.27. The van der Waals surface area contributed by atoms with Gasteiger partial charge in [-0.3, -0.25) is 5.32 Å². The molecule has 0 fully saturated rings. The van der Waals surface area contributed by atoms with Gasteiger partial charge in [0.2, 0.25) is 5.95 Å². The maximum absolute atomic E-state index is 13.1. The van der Waals surface area contributed by atoms with E-state index in [-0.39, 0.29) is 5.11 Å². The molecule has 0 radical (unpaired) electrons. The number of nitrogens with zero attached hydrogens (tertiary/aromatic N) is 3. The average Bonchev–Trinajstić information content (AvgIpc) is 3.04. The molecule has 0 saturated heterocycles. The number of halogens is 3. The molecule has 140 valence electrons. The minimum Gasteiger partial charge on any atom is -0.495 e. The third-order valence-corrected chi connectivity index (χ3v) is 4.31. The van der Waals surface area contributed by atoms with Crippen molar-refractivity contribution in [2.75, 3.05) is 17.7 Å². The number of ether oxygens (including phenoxy) is 1. The predicted molar refractivity (Wildman–Crippen MR) is 108 cm³/mol. The van der Waals surface area contributed by atoms with Crippen LogP contribution in [0.1, 0.15) is 5.56 Å². The molecule has 27 heavy (non-hydrogen) atoms. The van der Waals surface area contributed by atoms with E-state index in [2.05, 4.69) is 20.7 Å². The number of thiocarbonyl (C=S) groups is 1. The molecule has 2 aromatic carbocycles. The van der Waals surface area contributed by atoms with E-state index in [1.807, 2.05) is 0 Å². The van der Waals surface area contributed by atoms with Gasteiger partial charge in [-0.2, -0.15) is 0 Å². The molecule has 2 N–H and O–H groups in total. The Hall–Kier alpha value is -2.42. The van der Waals surface area contributed by atoms with E-state index in [0.717, 1.165) is 5.56 Å². The number of hydrogen-bond acceptors (Lipinski definition) is 4. The molecule has 0 atom stereocenters. The van der Waals surface area contributed by atoms with Gasteiger partial charge >= 0.3 is 0 Å². The molecule has 10 heteroatoms. The van der Waals surface area contributed by atoms with Crippen molar-refractivity contribution in [1.29, 1.82) is 0 Å². The highest BCUT2D eigenvalue weighted by molar-refractivity contribution is 7.80. The maximum Gasteiger partial charge on any atom is 0.248 e. The molecule has 0 amide bonds. The summed E-state index contributed by atoms with van der Waals surface area (Å²) in [5, 5.41) is 11.3. The lowest BCUT2D eigenvalue weighted by atomic mass is 10.2. The smallest absolute Gasteiger partial charge is 0.248 e. The molecule has 0 aliphatic carbocycles. The van der Waals surface area contributed by atoms with Gasteiger partial charge in [0.15, 0.2) is 5.11 Å². The Balaban J connectivity index is 1.65. The minimum atomic E-state index is -0.391.